The van der Waals surface area contributed by atoms with Crippen molar-refractivity contribution in [3.8, 4) is 0 Å². The molecule has 0 radical (unpaired) electrons. The summed E-state index contributed by atoms with van der Waals surface area (Å²) in [7, 11) is 0. The average molecular weight is 422 g/mol. The van der Waals surface area contributed by atoms with Crippen LogP contribution in [0, 0.1) is 0 Å². The van der Waals surface area contributed by atoms with Crippen molar-refractivity contribution in [1.29, 1.82) is 0 Å². The Morgan fingerprint density at radius 2 is 1.61 bits per heavy atom. The molecule has 0 spiro atoms. The van der Waals surface area contributed by atoms with Gasteiger partial charge in [0.05, 0.1) is 18.2 Å². The highest BCUT2D eigenvalue weighted by Crippen LogP contribution is 2.12. The van der Waals surface area contributed by atoms with E-state index in [1.807, 2.05) is 32.0 Å². The summed E-state index contributed by atoms with van der Waals surface area (Å²) in [5.41, 5.74) is 2.36. The minimum Gasteiger partial charge on any atom is -0.459 e. The Hall–Kier alpha value is -2.96. The number of anilines is 1. The maximum Gasteiger partial charge on any atom is 0.338 e. The lowest BCUT2D eigenvalue weighted by Crippen LogP contribution is -2.48. The van der Waals surface area contributed by atoms with E-state index in [1.165, 1.54) is 5.56 Å². The molecule has 164 valence electrons. The molecule has 2 aromatic carbocycles. The van der Waals surface area contributed by atoms with Crippen LogP contribution in [0.25, 0.3) is 6.08 Å². The SMILES string of the molecule is CC(C)OC(=O)c1ccc(NC(=O)CN2CCN(C/C=C/c3ccccc3)CC2)cc1. The number of esters is 1. The topological polar surface area (TPSA) is 61.9 Å². The van der Waals surface area contributed by atoms with Crippen LogP contribution in [0.3, 0.4) is 0 Å². The van der Waals surface area contributed by atoms with Crippen LogP contribution in [-0.2, 0) is 9.53 Å². The minimum atomic E-state index is -0.357. The number of carbonyl (C=O) groups excluding carboxylic acids is 2. The third-order valence-electron chi connectivity index (χ3n) is 5.05. The Balaban J connectivity index is 1.38. The maximum absolute atomic E-state index is 12.4. The Kier molecular flexibility index (Phi) is 8.38. The fourth-order valence-electron chi connectivity index (χ4n) is 3.41. The normalized spacial score (nSPS) is 15.3. The number of piperazine rings is 1. The van der Waals surface area contributed by atoms with Crippen molar-refractivity contribution >= 4 is 23.6 Å². The molecule has 0 atom stereocenters. The van der Waals surface area contributed by atoms with Gasteiger partial charge in [-0.3, -0.25) is 14.6 Å². The number of rotatable bonds is 8. The van der Waals surface area contributed by atoms with Crippen LogP contribution < -0.4 is 5.32 Å². The van der Waals surface area contributed by atoms with Gasteiger partial charge < -0.3 is 10.1 Å². The fraction of sp³-hybridized carbons (Fsp3) is 0.360. The summed E-state index contributed by atoms with van der Waals surface area (Å²) in [5.74, 6) is -0.403. The summed E-state index contributed by atoms with van der Waals surface area (Å²) in [4.78, 5) is 28.8. The fourth-order valence-corrected chi connectivity index (χ4v) is 3.41. The highest BCUT2D eigenvalue weighted by Gasteiger charge is 2.18. The molecule has 1 aliphatic heterocycles. The van der Waals surface area contributed by atoms with Crippen molar-refractivity contribution in [2.45, 2.75) is 20.0 Å². The summed E-state index contributed by atoms with van der Waals surface area (Å²) in [6.45, 7) is 8.53. The van der Waals surface area contributed by atoms with Crippen molar-refractivity contribution in [3.63, 3.8) is 0 Å². The van der Waals surface area contributed by atoms with Crippen molar-refractivity contribution in [2.75, 3.05) is 44.6 Å². The molecule has 1 fully saturated rings. The second-order valence-electron chi connectivity index (χ2n) is 7.97. The zero-order chi connectivity index (χ0) is 22.1. The molecule has 1 N–H and O–H groups in total. The van der Waals surface area contributed by atoms with E-state index < -0.39 is 0 Å². The molecule has 6 heteroatoms. The second kappa shape index (κ2) is 11.4. The van der Waals surface area contributed by atoms with Crippen molar-refractivity contribution in [3.05, 3.63) is 71.8 Å². The van der Waals surface area contributed by atoms with E-state index in [0.29, 0.717) is 17.8 Å². The first-order valence-electron chi connectivity index (χ1n) is 10.8. The molecule has 0 aliphatic carbocycles. The standard InChI is InChI=1S/C25H31N3O3/c1-20(2)31-25(30)22-10-12-23(13-11-22)26-24(29)19-28-17-15-27(16-18-28)14-6-9-21-7-4-3-5-8-21/h3-13,20H,14-19H2,1-2H3,(H,26,29)/b9-6+. The summed E-state index contributed by atoms with van der Waals surface area (Å²) in [6, 6.07) is 17.1. The number of ether oxygens (including phenoxy) is 1. The highest BCUT2D eigenvalue weighted by molar-refractivity contribution is 5.94. The number of hydrogen-bond acceptors (Lipinski definition) is 5. The molecule has 0 unspecified atom stereocenters. The molecule has 1 heterocycles. The highest BCUT2D eigenvalue weighted by atomic mass is 16.5. The van der Waals surface area contributed by atoms with Crippen LogP contribution in [0.5, 0.6) is 0 Å². The smallest absolute Gasteiger partial charge is 0.338 e. The van der Waals surface area contributed by atoms with Gasteiger partial charge in [-0.25, -0.2) is 4.79 Å². The van der Waals surface area contributed by atoms with E-state index in [-0.39, 0.29) is 18.0 Å². The minimum absolute atomic E-state index is 0.0464. The van der Waals surface area contributed by atoms with Gasteiger partial charge in [0.15, 0.2) is 0 Å². The maximum atomic E-state index is 12.4. The third kappa shape index (κ3) is 7.66. The molecule has 31 heavy (non-hydrogen) atoms. The number of carbonyl (C=O) groups is 2. The number of benzene rings is 2. The van der Waals surface area contributed by atoms with Gasteiger partial charge >= 0.3 is 5.97 Å². The quantitative estimate of drug-likeness (QED) is 0.661. The van der Waals surface area contributed by atoms with Crippen molar-refractivity contribution in [2.24, 2.45) is 0 Å². The summed E-state index contributed by atoms with van der Waals surface area (Å²) >= 11 is 0. The zero-order valence-corrected chi connectivity index (χ0v) is 18.3. The van der Waals surface area contributed by atoms with E-state index in [9.17, 15) is 9.59 Å². The molecule has 2 aromatic rings. The molecular formula is C25H31N3O3. The number of nitrogens with one attached hydrogen (secondary N) is 1. The molecule has 0 aromatic heterocycles. The van der Waals surface area contributed by atoms with Gasteiger partial charge in [0.1, 0.15) is 0 Å². The van der Waals surface area contributed by atoms with Crippen LogP contribution in [0.1, 0.15) is 29.8 Å². The van der Waals surface area contributed by atoms with Gasteiger partial charge in [-0.2, -0.15) is 0 Å². The number of hydrogen-bond donors (Lipinski definition) is 1. The Morgan fingerprint density at radius 1 is 0.968 bits per heavy atom. The summed E-state index contributed by atoms with van der Waals surface area (Å²) in [5, 5.41) is 2.90. The van der Waals surface area contributed by atoms with Crippen molar-refractivity contribution in [1.82, 2.24) is 9.80 Å². The van der Waals surface area contributed by atoms with E-state index in [2.05, 4.69) is 39.4 Å². The Bertz CT molecular complexity index is 871. The molecule has 1 aliphatic rings. The third-order valence-corrected chi connectivity index (χ3v) is 5.05. The summed E-state index contributed by atoms with van der Waals surface area (Å²) < 4.78 is 5.17. The first kappa shape index (κ1) is 22.7. The van der Waals surface area contributed by atoms with Gasteiger partial charge in [0.2, 0.25) is 5.91 Å². The molecule has 1 saturated heterocycles. The monoisotopic (exact) mass is 421 g/mol. The number of nitrogens with zero attached hydrogens (tertiary/aromatic N) is 2. The van der Waals surface area contributed by atoms with E-state index >= 15 is 0 Å². The van der Waals surface area contributed by atoms with Gasteiger partial charge in [-0.05, 0) is 43.7 Å². The lowest BCUT2D eigenvalue weighted by molar-refractivity contribution is -0.117. The summed E-state index contributed by atoms with van der Waals surface area (Å²) in [6.07, 6.45) is 4.18. The van der Waals surface area contributed by atoms with Gasteiger partial charge in [-0.15, -0.1) is 0 Å². The van der Waals surface area contributed by atoms with Gasteiger partial charge in [0.25, 0.3) is 0 Å². The van der Waals surface area contributed by atoms with Crippen LogP contribution in [-0.4, -0.2) is 67.0 Å². The average Bonchev–Trinajstić information content (AvgIpc) is 2.76. The lowest BCUT2D eigenvalue weighted by Gasteiger charge is -2.33. The molecule has 0 saturated carbocycles. The number of amides is 1. The molecule has 0 bridgehead atoms. The Labute approximate surface area is 184 Å². The molecule has 1 amide bonds. The zero-order valence-electron chi connectivity index (χ0n) is 18.3. The largest absolute Gasteiger partial charge is 0.459 e. The first-order chi connectivity index (χ1) is 15.0. The lowest BCUT2D eigenvalue weighted by atomic mass is 10.2. The predicted molar refractivity (Wildman–Crippen MR) is 124 cm³/mol. The molecular weight excluding hydrogens is 390 g/mol. The van der Waals surface area contributed by atoms with Crippen LogP contribution >= 0.6 is 0 Å². The van der Waals surface area contributed by atoms with E-state index in [1.54, 1.807) is 24.3 Å². The van der Waals surface area contributed by atoms with Crippen molar-refractivity contribution < 1.29 is 14.3 Å². The van der Waals surface area contributed by atoms with Crippen LogP contribution in [0.2, 0.25) is 0 Å². The van der Waals surface area contributed by atoms with Crippen LogP contribution in [0.4, 0.5) is 5.69 Å². The van der Waals surface area contributed by atoms with Gasteiger partial charge in [0, 0.05) is 38.4 Å². The van der Waals surface area contributed by atoms with Gasteiger partial charge in [-0.1, -0.05) is 42.5 Å². The first-order valence-corrected chi connectivity index (χ1v) is 10.8. The van der Waals surface area contributed by atoms with E-state index in [0.717, 1.165) is 32.7 Å². The predicted octanol–water partition coefficient (Wildman–Crippen LogP) is 3.52. The van der Waals surface area contributed by atoms with E-state index in [4.69, 9.17) is 4.74 Å². The molecule has 3 rings (SSSR count). The second-order valence-corrected chi connectivity index (χ2v) is 7.97. The van der Waals surface area contributed by atoms with Crippen LogP contribution in [0.15, 0.2) is 60.7 Å². The molecule has 6 nitrogen and oxygen atoms in total. The Morgan fingerprint density at radius 3 is 2.26 bits per heavy atom.